The van der Waals surface area contributed by atoms with Crippen LogP contribution < -0.4 is 0 Å². The molecule has 1 saturated carbocycles. The van der Waals surface area contributed by atoms with Crippen LogP contribution in [-0.2, 0) is 38.0 Å². The number of ether oxygens (including phenoxy) is 6. The van der Waals surface area contributed by atoms with E-state index in [1.165, 1.54) is 36.8 Å². The molecule has 10 heteroatoms. The van der Waals surface area contributed by atoms with Gasteiger partial charge in [-0.2, -0.15) is 0 Å². The van der Waals surface area contributed by atoms with E-state index < -0.39 is 64.0 Å². The van der Waals surface area contributed by atoms with Crippen LogP contribution in [0, 0.1) is 10.8 Å². The van der Waals surface area contributed by atoms with Crippen molar-refractivity contribution in [2.75, 3.05) is 19.8 Å². The van der Waals surface area contributed by atoms with Gasteiger partial charge in [0.15, 0.2) is 6.10 Å². The molecular weight excluding hydrogens is 508 g/mol. The zero-order valence-corrected chi connectivity index (χ0v) is 22.5. The number of fused-ring (bicyclic) bond motifs is 1. The molecule has 39 heavy (non-hydrogen) atoms. The highest BCUT2D eigenvalue weighted by Crippen LogP contribution is 2.72. The molecule has 5 heterocycles. The number of epoxide rings is 2. The van der Waals surface area contributed by atoms with E-state index in [1.807, 2.05) is 0 Å². The summed E-state index contributed by atoms with van der Waals surface area (Å²) in [6, 6.07) is 0. The molecule has 7 rings (SSSR count). The van der Waals surface area contributed by atoms with E-state index in [-0.39, 0.29) is 31.8 Å². The largest absolute Gasteiger partial charge is 0.463 e. The third-order valence-electron chi connectivity index (χ3n) is 11.0. The van der Waals surface area contributed by atoms with Crippen LogP contribution in [-0.4, -0.2) is 95.4 Å². The van der Waals surface area contributed by atoms with E-state index in [0.29, 0.717) is 19.4 Å². The van der Waals surface area contributed by atoms with Crippen molar-refractivity contribution in [3.8, 4) is 0 Å². The number of hydrogen-bond donors (Lipinski definition) is 2. The van der Waals surface area contributed by atoms with Crippen molar-refractivity contribution in [3.63, 3.8) is 0 Å². The molecular formula is C29H36O10. The first-order valence-corrected chi connectivity index (χ1v) is 13.9. The number of aliphatic hydroxyl groups is 2. The summed E-state index contributed by atoms with van der Waals surface area (Å²) >= 11 is 0. The van der Waals surface area contributed by atoms with Crippen LogP contribution >= 0.6 is 0 Å². The molecule has 212 valence electrons. The Morgan fingerprint density at radius 1 is 1.10 bits per heavy atom. The number of cyclic esters (lactones) is 1. The van der Waals surface area contributed by atoms with Crippen molar-refractivity contribution in [2.45, 2.75) is 99.9 Å². The van der Waals surface area contributed by atoms with Gasteiger partial charge in [-0.15, -0.1) is 0 Å². The molecule has 10 nitrogen and oxygen atoms in total. The lowest BCUT2D eigenvalue weighted by molar-refractivity contribution is -0.233. The zero-order valence-electron chi connectivity index (χ0n) is 22.5. The van der Waals surface area contributed by atoms with Gasteiger partial charge in [-0.05, 0) is 32.8 Å². The first-order chi connectivity index (χ1) is 18.5. The van der Waals surface area contributed by atoms with Crippen LogP contribution in [0.2, 0.25) is 0 Å². The van der Waals surface area contributed by atoms with Gasteiger partial charge < -0.3 is 38.6 Å². The molecule has 4 bridgehead atoms. The number of hydrogen-bond acceptors (Lipinski definition) is 10. The molecule has 5 aliphatic heterocycles. The maximum absolute atomic E-state index is 13.5. The first kappa shape index (κ1) is 25.9. The first-order valence-electron chi connectivity index (χ1n) is 13.9. The number of allylic oxidation sites excluding steroid dienone is 3. The highest BCUT2D eigenvalue weighted by atomic mass is 16.7. The van der Waals surface area contributed by atoms with E-state index in [0.717, 1.165) is 6.42 Å². The van der Waals surface area contributed by atoms with Crippen LogP contribution in [0.15, 0.2) is 36.0 Å². The minimum Gasteiger partial charge on any atom is -0.463 e. The van der Waals surface area contributed by atoms with Gasteiger partial charge in [0.05, 0.1) is 36.9 Å². The predicted octanol–water partition coefficient (Wildman–Crippen LogP) is 1.28. The number of carbonyl (C=O) groups excluding carboxylic acids is 2. The molecule has 0 aromatic heterocycles. The lowest BCUT2D eigenvalue weighted by Gasteiger charge is -2.58. The van der Waals surface area contributed by atoms with Crippen molar-refractivity contribution >= 4 is 11.9 Å². The SMILES string of the molecule is CC1=C[C@H]2O[C@@H]3C[C@H]4OC(=O)/C=C\C=C/C5(C(C)O)OCCC6(OC6C(=O)OC[C@@]2(CC1)[C@]4(C)[C@]31CO1)C5O. The van der Waals surface area contributed by atoms with Crippen LogP contribution in [0.25, 0.3) is 0 Å². The fourth-order valence-corrected chi connectivity index (χ4v) is 8.37. The van der Waals surface area contributed by atoms with Crippen molar-refractivity contribution in [3.05, 3.63) is 36.0 Å². The van der Waals surface area contributed by atoms with E-state index in [2.05, 4.69) is 19.9 Å². The topological polar surface area (TPSA) is 137 Å². The molecule has 2 N–H and O–H groups in total. The molecule has 0 amide bonds. The van der Waals surface area contributed by atoms with E-state index >= 15 is 0 Å². The molecule has 5 unspecified atom stereocenters. The van der Waals surface area contributed by atoms with Gasteiger partial charge in [0.1, 0.15) is 35.6 Å². The maximum atomic E-state index is 13.5. The molecule has 0 radical (unpaired) electrons. The normalized spacial score (nSPS) is 54.4. The van der Waals surface area contributed by atoms with E-state index in [1.54, 1.807) is 0 Å². The van der Waals surface area contributed by atoms with Gasteiger partial charge in [0.25, 0.3) is 0 Å². The van der Waals surface area contributed by atoms with Gasteiger partial charge in [-0.3, -0.25) is 0 Å². The Kier molecular flexibility index (Phi) is 5.46. The summed E-state index contributed by atoms with van der Waals surface area (Å²) in [6.07, 6.45) is 5.66. The Morgan fingerprint density at radius 3 is 2.64 bits per heavy atom. The predicted molar refractivity (Wildman–Crippen MR) is 133 cm³/mol. The molecule has 5 fully saturated rings. The third kappa shape index (κ3) is 3.18. The molecule has 7 aliphatic rings. The van der Waals surface area contributed by atoms with Crippen molar-refractivity contribution in [1.29, 1.82) is 0 Å². The summed E-state index contributed by atoms with van der Waals surface area (Å²) < 4.78 is 36.7. The minimum absolute atomic E-state index is 0.0302. The summed E-state index contributed by atoms with van der Waals surface area (Å²) in [5, 5.41) is 22.1. The monoisotopic (exact) mass is 544 g/mol. The quantitative estimate of drug-likeness (QED) is 0.282. The van der Waals surface area contributed by atoms with Gasteiger partial charge in [-0.25, -0.2) is 9.59 Å². The highest BCUT2D eigenvalue weighted by Gasteiger charge is 2.83. The van der Waals surface area contributed by atoms with E-state index in [9.17, 15) is 19.8 Å². The summed E-state index contributed by atoms with van der Waals surface area (Å²) in [7, 11) is 0. The van der Waals surface area contributed by atoms with Crippen molar-refractivity contribution < 1.29 is 48.2 Å². The minimum atomic E-state index is -1.53. The average molecular weight is 545 g/mol. The Labute approximate surface area is 226 Å². The smallest absolute Gasteiger partial charge is 0.338 e. The van der Waals surface area contributed by atoms with Gasteiger partial charge in [0.2, 0.25) is 0 Å². The fourth-order valence-electron chi connectivity index (χ4n) is 8.37. The van der Waals surface area contributed by atoms with Crippen LogP contribution in [0.1, 0.15) is 46.5 Å². The Morgan fingerprint density at radius 2 is 1.90 bits per heavy atom. The molecule has 2 aliphatic carbocycles. The second kappa shape index (κ2) is 8.24. The molecule has 3 spiro atoms. The summed E-state index contributed by atoms with van der Waals surface area (Å²) in [6.45, 7) is 6.35. The molecule has 11 atom stereocenters. The van der Waals surface area contributed by atoms with Crippen LogP contribution in [0.5, 0.6) is 0 Å². The second-order valence-electron chi connectivity index (χ2n) is 12.6. The average Bonchev–Trinajstić information content (AvgIpc) is 3.81. The molecule has 0 aromatic rings. The maximum Gasteiger partial charge on any atom is 0.338 e. The number of rotatable bonds is 1. The Bertz CT molecular complexity index is 1190. The van der Waals surface area contributed by atoms with Gasteiger partial charge in [0, 0.05) is 24.3 Å². The lowest BCUT2D eigenvalue weighted by Crippen LogP contribution is -2.67. The fraction of sp³-hybridized carbons (Fsp3) is 0.724. The number of aliphatic hydroxyl groups excluding tert-OH is 2. The zero-order chi connectivity index (χ0) is 27.4. The van der Waals surface area contributed by atoms with Crippen LogP contribution in [0.3, 0.4) is 0 Å². The molecule has 4 saturated heterocycles. The summed E-state index contributed by atoms with van der Waals surface area (Å²) in [5.74, 6) is -1.10. The second-order valence-corrected chi connectivity index (χ2v) is 12.6. The van der Waals surface area contributed by atoms with Crippen molar-refractivity contribution in [1.82, 2.24) is 0 Å². The number of esters is 2. The van der Waals surface area contributed by atoms with Crippen molar-refractivity contribution in [2.24, 2.45) is 10.8 Å². The van der Waals surface area contributed by atoms with Gasteiger partial charge >= 0.3 is 11.9 Å². The summed E-state index contributed by atoms with van der Waals surface area (Å²) in [4.78, 5) is 26.6. The summed E-state index contributed by atoms with van der Waals surface area (Å²) in [5.41, 5.74) is -3.53. The Hall–Kier alpha value is -2.08. The third-order valence-corrected chi connectivity index (χ3v) is 11.0. The van der Waals surface area contributed by atoms with Crippen LogP contribution in [0.4, 0.5) is 0 Å². The van der Waals surface area contributed by atoms with Gasteiger partial charge in [-0.1, -0.05) is 30.7 Å². The van der Waals surface area contributed by atoms with E-state index in [4.69, 9.17) is 28.4 Å². The highest BCUT2D eigenvalue weighted by molar-refractivity contribution is 5.82. The molecule has 0 aromatic carbocycles. The lowest BCUT2D eigenvalue weighted by atomic mass is 9.51. The number of carbonyl (C=O) groups is 2. The Balaban J connectivity index is 1.31. The standard InChI is InChI=1S/C29H36O10/c1-16-7-9-26-14-34-23(32)22-28(39-22)10-11-35-27(17(2)30,24(28)33)8-5-4-6-21(31)38-18-13-20(37-19(26)12-16)29(15-36-29)25(18,26)3/h4-6,8,12,17-20,22,24,30,33H,7,9-11,13-15H2,1-3H3/b6-4-,8-5-/t17?,18-,19-,20-,22?,24?,25-,26-,27?,28?,29+/m1/s1.